The van der Waals surface area contributed by atoms with Gasteiger partial charge in [-0.3, -0.25) is 19.0 Å². The molecule has 180 valence electrons. The molecule has 2 amide bonds. The summed E-state index contributed by atoms with van der Waals surface area (Å²) in [5.41, 5.74) is 2.58. The highest BCUT2D eigenvalue weighted by molar-refractivity contribution is 6.30. The lowest BCUT2D eigenvalue weighted by atomic mass is 10.0. The van der Waals surface area contributed by atoms with E-state index in [-0.39, 0.29) is 24.6 Å². The third-order valence-electron chi connectivity index (χ3n) is 6.57. The number of pyridine rings is 2. The molecule has 0 saturated carbocycles. The van der Waals surface area contributed by atoms with E-state index < -0.39 is 11.5 Å². The maximum atomic E-state index is 13.5. The first-order valence-corrected chi connectivity index (χ1v) is 11.9. The molecule has 1 saturated heterocycles. The fourth-order valence-electron chi connectivity index (χ4n) is 4.72. The van der Waals surface area contributed by atoms with E-state index in [0.717, 1.165) is 22.0 Å². The van der Waals surface area contributed by atoms with Gasteiger partial charge in [-0.15, -0.1) is 0 Å². The fraction of sp³-hybridized carbons (Fsp3) is 0.308. The lowest BCUT2D eigenvalue weighted by Crippen LogP contribution is -2.50. The van der Waals surface area contributed by atoms with Crippen LogP contribution in [0, 0.1) is 12.8 Å². The van der Waals surface area contributed by atoms with Gasteiger partial charge in [0.25, 0.3) is 11.5 Å². The molecular formula is C26H26ClN5O3. The van der Waals surface area contributed by atoms with Crippen LogP contribution in [0.1, 0.15) is 28.4 Å². The monoisotopic (exact) mass is 491 g/mol. The molecule has 1 aliphatic rings. The van der Waals surface area contributed by atoms with Gasteiger partial charge in [-0.05, 0) is 42.2 Å². The Morgan fingerprint density at radius 2 is 1.89 bits per heavy atom. The molecule has 1 N–H and O–H groups in total. The van der Waals surface area contributed by atoms with Crippen LogP contribution in [0.5, 0.6) is 0 Å². The molecular weight excluding hydrogens is 466 g/mol. The zero-order valence-electron chi connectivity index (χ0n) is 19.8. The van der Waals surface area contributed by atoms with Crippen molar-refractivity contribution in [1.82, 2.24) is 24.3 Å². The SMILES string of the molecule is Cc1cn(C)c2c1cnc1c2cc(C(=O)NCc2ccc(Cl)cc2)c(=O)n1CC(=O)N1CC(C)C1. The molecule has 5 rings (SSSR count). The number of hydrogen-bond donors (Lipinski definition) is 1. The van der Waals surface area contributed by atoms with Crippen LogP contribution in [0.4, 0.5) is 0 Å². The van der Waals surface area contributed by atoms with Crippen LogP contribution >= 0.6 is 11.6 Å². The first-order chi connectivity index (χ1) is 16.7. The van der Waals surface area contributed by atoms with Crippen molar-refractivity contribution in [3.05, 3.63) is 74.8 Å². The summed E-state index contributed by atoms with van der Waals surface area (Å²) in [6.07, 6.45) is 3.70. The summed E-state index contributed by atoms with van der Waals surface area (Å²) in [4.78, 5) is 45.9. The minimum Gasteiger partial charge on any atom is -0.350 e. The number of likely N-dealkylation sites (tertiary alicyclic amines) is 1. The highest BCUT2D eigenvalue weighted by Crippen LogP contribution is 2.27. The van der Waals surface area contributed by atoms with Crippen LogP contribution < -0.4 is 10.9 Å². The summed E-state index contributed by atoms with van der Waals surface area (Å²) < 4.78 is 3.29. The Bertz CT molecular complexity index is 1530. The van der Waals surface area contributed by atoms with Gasteiger partial charge in [0.1, 0.15) is 17.8 Å². The molecule has 1 fully saturated rings. The van der Waals surface area contributed by atoms with E-state index in [1.807, 2.05) is 36.9 Å². The molecule has 0 spiro atoms. The maximum Gasteiger partial charge on any atom is 0.265 e. The van der Waals surface area contributed by atoms with Gasteiger partial charge in [-0.1, -0.05) is 30.7 Å². The first-order valence-electron chi connectivity index (χ1n) is 11.5. The van der Waals surface area contributed by atoms with Crippen molar-refractivity contribution in [3.63, 3.8) is 0 Å². The number of nitrogens with zero attached hydrogens (tertiary/aromatic N) is 4. The van der Waals surface area contributed by atoms with Crippen LogP contribution in [0.25, 0.3) is 21.9 Å². The number of carbonyl (C=O) groups excluding carboxylic acids is 2. The van der Waals surface area contributed by atoms with E-state index >= 15 is 0 Å². The van der Waals surface area contributed by atoms with E-state index in [9.17, 15) is 14.4 Å². The van der Waals surface area contributed by atoms with Crippen molar-refractivity contribution < 1.29 is 9.59 Å². The van der Waals surface area contributed by atoms with Crippen molar-refractivity contribution in [2.75, 3.05) is 13.1 Å². The number of aryl methyl sites for hydroxylation is 2. The standard InChI is InChI=1S/C26H26ClN5O3/c1-15-11-31(12-15)22(33)14-32-24-19(23-21(10-28-24)16(2)13-30(23)3)8-20(26(32)35)25(34)29-9-17-4-6-18(27)7-5-17/h4-8,10,13,15H,9,11-12,14H2,1-3H3,(H,29,34). The highest BCUT2D eigenvalue weighted by Gasteiger charge is 2.28. The lowest BCUT2D eigenvalue weighted by Gasteiger charge is -2.37. The van der Waals surface area contributed by atoms with E-state index in [1.165, 1.54) is 4.57 Å². The second-order valence-corrected chi connectivity index (χ2v) is 9.78. The number of benzene rings is 1. The Kier molecular flexibility index (Phi) is 5.84. The van der Waals surface area contributed by atoms with Crippen molar-refractivity contribution >= 4 is 45.4 Å². The largest absolute Gasteiger partial charge is 0.350 e. The normalized spacial score (nSPS) is 13.9. The second kappa shape index (κ2) is 8.85. The molecule has 0 atom stereocenters. The van der Waals surface area contributed by atoms with Crippen molar-refractivity contribution in [1.29, 1.82) is 0 Å². The average molecular weight is 492 g/mol. The van der Waals surface area contributed by atoms with Gasteiger partial charge in [0.15, 0.2) is 0 Å². The number of hydrogen-bond acceptors (Lipinski definition) is 4. The van der Waals surface area contributed by atoms with Gasteiger partial charge in [0, 0.05) is 54.9 Å². The maximum absolute atomic E-state index is 13.5. The number of halogens is 1. The van der Waals surface area contributed by atoms with Gasteiger partial charge in [0.05, 0.1) is 5.52 Å². The van der Waals surface area contributed by atoms with E-state index in [4.69, 9.17) is 11.6 Å². The zero-order valence-corrected chi connectivity index (χ0v) is 20.6. The van der Waals surface area contributed by atoms with Crippen LogP contribution in [0.2, 0.25) is 5.02 Å². The summed E-state index contributed by atoms with van der Waals surface area (Å²) in [6, 6.07) is 8.71. The van der Waals surface area contributed by atoms with Crippen LogP contribution in [0.3, 0.4) is 0 Å². The van der Waals surface area contributed by atoms with Crippen LogP contribution in [-0.4, -0.2) is 43.9 Å². The Hall–Kier alpha value is -3.65. The highest BCUT2D eigenvalue weighted by atomic mass is 35.5. The summed E-state index contributed by atoms with van der Waals surface area (Å²) in [6.45, 7) is 5.47. The summed E-state index contributed by atoms with van der Waals surface area (Å²) in [5, 5.41) is 5.01. The van der Waals surface area contributed by atoms with Crippen LogP contribution in [0.15, 0.2) is 47.5 Å². The Morgan fingerprint density at radius 1 is 1.17 bits per heavy atom. The number of nitrogens with one attached hydrogen (secondary N) is 1. The number of aromatic nitrogens is 3. The predicted octanol–water partition coefficient (Wildman–Crippen LogP) is 3.26. The Morgan fingerprint density at radius 3 is 2.57 bits per heavy atom. The minimum atomic E-state index is -0.536. The molecule has 0 aliphatic carbocycles. The molecule has 1 aliphatic heterocycles. The van der Waals surface area contributed by atoms with Crippen molar-refractivity contribution in [3.8, 4) is 0 Å². The molecule has 4 aromatic rings. The summed E-state index contributed by atoms with van der Waals surface area (Å²) in [7, 11) is 1.91. The van der Waals surface area contributed by atoms with Gasteiger partial charge in [-0.2, -0.15) is 0 Å². The smallest absolute Gasteiger partial charge is 0.265 e. The van der Waals surface area contributed by atoms with Crippen molar-refractivity contribution in [2.24, 2.45) is 13.0 Å². The molecule has 8 nitrogen and oxygen atoms in total. The average Bonchev–Trinajstić information content (AvgIpc) is 3.11. The minimum absolute atomic E-state index is 0.0237. The van der Waals surface area contributed by atoms with E-state index in [1.54, 1.807) is 29.3 Å². The number of carbonyl (C=O) groups is 2. The molecule has 4 heterocycles. The summed E-state index contributed by atoms with van der Waals surface area (Å²) in [5.74, 6) is -0.217. The quantitative estimate of drug-likeness (QED) is 0.464. The number of amides is 2. The Labute approximate surface area is 207 Å². The van der Waals surface area contributed by atoms with E-state index in [2.05, 4.69) is 17.2 Å². The van der Waals surface area contributed by atoms with E-state index in [0.29, 0.717) is 35.1 Å². The second-order valence-electron chi connectivity index (χ2n) is 9.34. The Balaban J connectivity index is 1.59. The third-order valence-corrected chi connectivity index (χ3v) is 6.82. The molecule has 0 unspecified atom stereocenters. The topological polar surface area (TPSA) is 89.2 Å². The van der Waals surface area contributed by atoms with Crippen LogP contribution in [-0.2, 0) is 24.9 Å². The van der Waals surface area contributed by atoms with Crippen molar-refractivity contribution in [2.45, 2.75) is 26.9 Å². The molecule has 9 heteroatoms. The molecule has 3 aromatic heterocycles. The lowest BCUT2D eigenvalue weighted by molar-refractivity contribution is -0.137. The van der Waals surface area contributed by atoms with Gasteiger partial charge < -0.3 is 14.8 Å². The predicted molar refractivity (Wildman–Crippen MR) is 136 cm³/mol. The molecule has 1 aromatic carbocycles. The summed E-state index contributed by atoms with van der Waals surface area (Å²) >= 11 is 5.94. The fourth-order valence-corrected chi connectivity index (χ4v) is 4.85. The third kappa shape index (κ3) is 4.18. The molecule has 35 heavy (non-hydrogen) atoms. The molecule has 0 radical (unpaired) electrons. The first kappa shape index (κ1) is 23.1. The molecule has 0 bridgehead atoms. The number of fused-ring (bicyclic) bond motifs is 3. The van der Waals surface area contributed by atoms with Gasteiger partial charge in [-0.25, -0.2) is 4.98 Å². The van der Waals surface area contributed by atoms with Gasteiger partial charge in [0.2, 0.25) is 5.91 Å². The number of rotatable bonds is 5. The zero-order chi connectivity index (χ0) is 24.9. The van der Waals surface area contributed by atoms with Gasteiger partial charge >= 0.3 is 0 Å².